The first-order valence-corrected chi connectivity index (χ1v) is 7.41. The third-order valence-electron chi connectivity index (χ3n) is 3.70. The van der Waals surface area contributed by atoms with Gasteiger partial charge in [0.1, 0.15) is 0 Å². The Bertz CT molecular complexity index is 493. The summed E-state index contributed by atoms with van der Waals surface area (Å²) in [7, 11) is 0. The number of hydrogen-bond donors (Lipinski definition) is 2. The number of likely N-dealkylation sites (tertiary alicyclic amines) is 1. The number of hydrogen-bond acceptors (Lipinski definition) is 3. The van der Waals surface area contributed by atoms with Crippen LogP contribution in [0.3, 0.4) is 0 Å². The van der Waals surface area contributed by atoms with Crippen LogP contribution in [0.4, 0.5) is 0 Å². The van der Waals surface area contributed by atoms with Gasteiger partial charge in [-0.15, -0.1) is 12.4 Å². The number of amides is 2. The number of nitrogens with two attached hydrogens (primary N) is 1. The van der Waals surface area contributed by atoms with E-state index >= 15 is 0 Å². The van der Waals surface area contributed by atoms with Crippen molar-refractivity contribution in [3.8, 4) is 0 Å². The van der Waals surface area contributed by atoms with Crippen LogP contribution in [0.15, 0.2) is 30.3 Å². The fourth-order valence-corrected chi connectivity index (χ4v) is 2.47. The van der Waals surface area contributed by atoms with Crippen molar-refractivity contribution in [2.45, 2.75) is 32.4 Å². The fraction of sp³-hybridized carbons (Fsp3) is 0.500. The maximum atomic E-state index is 12.0. The quantitative estimate of drug-likeness (QED) is 0.828. The van der Waals surface area contributed by atoms with Crippen LogP contribution < -0.4 is 11.1 Å². The molecule has 0 aromatic heterocycles. The Balaban J connectivity index is 0.00000242. The summed E-state index contributed by atoms with van der Waals surface area (Å²) in [6.45, 7) is 3.55. The van der Waals surface area contributed by atoms with Crippen molar-refractivity contribution in [2.75, 3.05) is 13.1 Å². The lowest BCUT2D eigenvalue weighted by Gasteiger charge is -2.16. The monoisotopic (exact) mass is 325 g/mol. The van der Waals surface area contributed by atoms with E-state index in [0.29, 0.717) is 26.1 Å². The van der Waals surface area contributed by atoms with Crippen molar-refractivity contribution in [3.63, 3.8) is 0 Å². The molecule has 0 aliphatic carbocycles. The van der Waals surface area contributed by atoms with Gasteiger partial charge in [-0.2, -0.15) is 0 Å². The molecule has 122 valence electrons. The maximum Gasteiger partial charge on any atom is 0.225 e. The molecule has 1 aliphatic rings. The number of halogens is 1. The van der Waals surface area contributed by atoms with E-state index < -0.39 is 0 Å². The summed E-state index contributed by atoms with van der Waals surface area (Å²) in [5.41, 5.74) is 6.74. The lowest BCUT2D eigenvalue weighted by molar-refractivity contribution is -0.129. The van der Waals surface area contributed by atoms with Crippen molar-refractivity contribution >= 4 is 24.2 Å². The molecule has 1 heterocycles. The minimum atomic E-state index is -0.241. The summed E-state index contributed by atoms with van der Waals surface area (Å²) in [4.78, 5) is 25.8. The molecule has 0 bridgehead atoms. The SMILES string of the molecule is CC(N)CCNC(=O)C1CC(=O)N(Cc2ccccc2)C1.Cl. The average molecular weight is 326 g/mol. The van der Waals surface area contributed by atoms with E-state index in [2.05, 4.69) is 5.32 Å². The summed E-state index contributed by atoms with van der Waals surface area (Å²) in [6.07, 6.45) is 1.05. The highest BCUT2D eigenvalue weighted by Crippen LogP contribution is 2.20. The van der Waals surface area contributed by atoms with Crippen LogP contribution in [0, 0.1) is 5.92 Å². The van der Waals surface area contributed by atoms with Gasteiger partial charge in [0, 0.05) is 32.1 Å². The van der Waals surface area contributed by atoms with Crippen molar-refractivity contribution in [2.24, 2.45) is 11.7 Å². The molecule has 1 aromatic carbocycles. The highest BCUT2D eigenvalue weighted by molar-refractivity contribution is 5.89. The van der Waals surface area contributed by atoms with Crippen LogP contribution in [0.5, 0.6) is 0 Å². The topological polar surface area (TPSA) is 75.4 Å². The molecule has 2 amide bonds. The zero-order valence-electron chi connectivity index (χ0n) is 12.8. The molecular formula is C16H24ClN3O2. The van der Waals surface area contributed by atoms with Gasteiger partial charge < -0.3 is 16.0 Å². The first-order chi connectivity index (χ1) is 10.1. The molecule has 5 nitrogen and oxygen atoms in total. The van der Waals surface area contributed by atoms with Crippen molar-refractivity contribution in [1.29, 1.82) is 0 Å². The summed E-state index contributed by atoms with van der Waals surface area (Å²) < 4.78 is 0. The number of rotatable bonds is 6. The molecule has 2 atom stereocenters. The minimum absolute atomic E-state index is 0. The molecule has 0 saturated carbocycles. The van der Waals surface area contributed by atoms with E-state index in [9.17, 15) is 9.59 Å². The molecule has 6 heteroatoms. The van der Waals surface area contributed by atoms with E-state index in [0.717, 1.165) is 12.0 Å². The summed E-state index contributed by atoms with van der Waals surface area (Å²) in [6, 6.07) is 9.91. The second-order valence-electron chi connectivity index (χ2n) is 5.72. The standard InChI is InChI=1S/C16H23N3O2.ClH/c1-12(17)7-8-18-16(21)14-9-15(20)19(11-14)10-13-5-3-2-4-6-13;/h2-6,12,14H,7-11,17H2,1H3,(H,18,21);1H. The van der Waals surface area contributed by atoms with Gasteiger partial charge in [0.25, 0.3) is 0 Å². The van der Waals surface area contributed by atoms with Crippen LogP contribution in [0.1, 0.15) is 25.3 Å². The molecule has 1 aromatic rings. The Morgan fingerprint density at radius 3 is 2.73 bits per heavy atom. The third kappa shape index (κ3) is 5.31. The minimum Gasteiger partial charge on any atom is -0.356 e. The molecule has 1 fully saturated rings. The van der Waals surface area contributed by atoms with Crippen LogP contribution in [0.25, 0.3) is 0 Å². The van der Waals surface area contributed by atoms with Crippen molar-refractivity contribution in [3.05, 3.63) is 35.9 Å². The Hall–Kier alpha value is -1.59. The Morgan fingerprint density at radius 2 is 2.09 bits per heavy atom. The number of carbonyl (C=O) groups excluding carboxylic acids is 2. The number of benzene rings is 1. The van der Waals surface area contributed by atoms with Gasteiger partial charge in [0.15, 0.2) is 0 Å². The van der Waals surface area contributed by atoms with E-state index in [-0.39, 0.29) is 36.2 Å². The molecule has 1 saturated heterocycles. The van der Waals surface area contributed by atoms with Gasteiger partial charge in [0.05, 0.1) is 5.92 Å². The van der Waals surface area contributed by atoms with Crippen LogP contribution in [-0.2, 0) is 16.1 Å². The Labute approximate surface area is 137 Å². The van der Waals surface area contributed by atoms with Crippen LogP contribution in [0.2, 0.25) is 0 Å². The first-order valence-electron chi connectivity index (χ1n) is 7.41. The molecule has 2 unspecified atom stereocenters. The lowest BCUT2D eigenvalue weighted by atomic mass is 10.1. The van der Waals surface area contributed by atoms with E-state index in [4.69, 9.17) is 5.73 Å². The summed E-state index contributed by atoms with van der Waals surface area (Å²) in [5, 5.41) is 2.86. The van der Waals surface area contributed by atoms with E-state index in [1.54, 1.807) is 4.90 Å². The summed E-state index contributed by atoms with van der Waals surface area (Å²) in [5.74, 6) is -0.236. The number of nitrogens with one attached hydrogen (secondary N) is 1. The molecule has 0 radical (unpaired) electrons. The second-order valence-corrected chi connectivity index (χ2v) is 5.72. The molecule has 3 N–H and O–H groups in total. The van der Waals surface area contributed by atoms with Crippen LogP contribution in [-0.4, -0.2) is 35.8 Å². The Kier molecular flexibility index (Phi) is 7.35. The lowest BCUT2D eigenvalue weighted by Crippen LogP contribution is -2.35. The molecule has 2 rings (SSSR count). The van der Waals surface area contributed by atoms with Gasteiger partial charge in [-0.1, -0.05) is 30.3 Å². The first kappa shape index (κ1) is 18.5. The normalized spacial score (nSPS) is 18.7. The van der Waals surface area contributed by atoms with Gasteiger partial charge in [-0.25, -0.2) is 0 Å². The predicted molar refractivity (Wildman–Crippen MR) is 88.5 cm³/mol. The van der Waals surface area contributed by atoms with Gasteiger partial charge in [0.2, 0.25) is 11.8 Å². The highest BCUT2D eigenvalue weighted by Gasteiger charge is 2.33. The predicted octanol–water partition coefficient (Wildman–Crippen LogP) is 1.31. The van der Waals surface area contributed by atoms with Crippen LogP contribution >= 0.6 is 12.4 Å². The Morgan fingerprint density at radius 1 is 1.41 bits per heavy atom. The maximum absolute atomic E-state index is 12.0. The number of carbonyl (C=O) groups is 2. The van der Waals surface area contributed by atoms with E-state index in [1.807, 2.05) is 37.3 Å². The van der Waals surface area contributed by atoms with Gasteiger partial charge in [-0.3, -0.25) is 9.59 Å². The third-order valence-corrected chi connectivity index (χ3v) is 3.70. The fourth-order valence-electron chi connectivity index (χ4n) is 2.47. The van der Waals surface area contributed by atoms with E-state index in [1.165, 1.54) is 0 Å². The molecule has 22 heavy (non-hydrogen) atoms. The number of nitrogens with zero attached hydrogens (tertiary/aromatic N) is 1. The smallest absolute Gasteiger partial charge is 0.225 e. The highest BCUT2D eigenvalue weighted by atomic mass is 35.5. The van der Waals surface area contributed by atoms with Crippen molar-refractivity contribution < 1.29 is 9.59 Å². The zero-order valence-corrected chi connectivity index (χ0v) is 13.6. The van der Waals surface area contributed by atoms with Gasteiger partial charge >= 0.3 is 0 Å². The zero-order chi connectivity index (χ0) is 15.2. The molecule has 1 aliphatic heterocycles. The van der Waals surface area contributed by atoms with Crippen molar-refractivity contribution in [1.82, 2.24) is 10.2 Å². The second kappa shape index (κ2) is 8.76. The largest absolute Gasteiger partial charge is 0.356 e. The molecule has 0 spiro atoms. The average Bonchev–Trinajstić information content (AvgIpc) is 2.81. The summed E-state index contributed by atoms with van der Waals surface area (Å²) >= 11 is 0. The van der Waals surface area contributed by atoms with Gasteiger partial charge in [-0.05, 0) is 18.9 Å². The molecular weight excluding hydrogens is 302 g/mol.